The summed E-state index contributed by atoms with van der Waals surface area (Å²) in [7, 11) is 1.61. The van der Waals surface area contributed by atoms with Crippen LogP contribution in [0.5, 0.6) is 5.75 Å². The van der Waals surface area contributed by atoms with E-state index in [0.29, 0.717) is 12.2 Å². The maximum atomic E-state index is 13.9. The molecule has 7 nitrogen and oxygen atoms in total. The number of hydrogen-bond donors (Lipinski definition) is 2. The average Bonchev–Trinajstić information content (AvgIpc) is 3.29. The molecule has 4 aromatic rings. The van der Waals surface area contributed by atoms with Crippen molar-refractivity contribution in [3.8, 4) is 5.75 Å². The van der Waals surface area contributed by atoms with Crippen LogP contribution in [0.25, 0.3) is 10.9 Å². The quantitative estimate of drug-likeness (QED) is 0.456. The molecule has 1 aromatic heterocycles. The van der Waals surface area contributed by atoms with E-state index >= 15 is 0 Å². The largest absolute Gasteiger partial charge is 0.496 e. The molecule has 0 spiro atoms. The molecule has 1 fully saturated rings. The van der Waals surface area contributed by atoms with E-state index in [0.717, 1.165) is 33.3 Å². The second kappa shape index (κ2) is 8.84. The SMILES string of the molecule is COc1ccccc1[C@@H]1c2[nH]c3ccccc3c2C[C@H]2C(=O)N(C[C@H](O)c3ccccc3)CC(=O)N12. The summed E-state index contributed by atoms with van der Waals surface area (Å²) in [5.41, 5.74) is 4.47. The molecule has 0 unspecified atom stereocenters. The number of H-pyrrole nitrogens is 1. The van der Waals surface area contributed by atoms with Gasteiger partial charge in [0, 0.05) is 28.6 Å². The van der Waals surface area contributed by atoms with Crippen LogP contribution in [-0.2, 0) is 16.0 Å². The van der Waals surface area contributed by atoms with E-state index in [4.69, 9.17) is 4.74 Å². The second-order valence-electron chi connectivity index (χ2n) is 9.37. The van der Waals surface area contributed by atoms with Crippen LogP contribution >= 0.6 is 0 Å². The smallest absolute Gasteiger partial charge is 0.246 e. The number of fused-ring (bicyclic) bond motifs is 4. The van der Waals surface area contributed by atoms with Gasteiger partial charge in [-0.15, -0.1) is 0 Å². The van der Waals surface area contributed by atoms with E-state index in [1.165, 1.54) is 4.90 Å². The topological polar surface area (TPSA) is 85.9 Å². The maximum absolute atomic E-state index is 13.9. The average molecular weight is 482 g/mol. The van der Waals surface area contributed by atoms with Gasteiger partial charge >= 0.3 is 0 Å². The highest BCUT2D eigenvalue weighted by Crippen LogP contribution is 2.44. The Labute approximate surface area is 208 Å². The Bertz CT molecular complexity index is 1450. The number of hydrogen-bond acceptors (Lipinski definition) is 4. The fraction of sp³-hybridized carbons (Fsp3) is 0.241. The first-order valence-corrected chi connectivity index (χ1v) is 12.1. The van der Waals surface area contributed by atoms with E-state index in [2.05, 4.69) is 4.98 Å². The third-order valence-corrected chi connectivity index (χ3v) is 7.35. The van der Waals surface area contributed by atoms with Crippen LogP contribution < -0.4 is 4.74 Å². The number of carbonyl (C=O) groups is 2. The molecule has 2 aliphatic rings. The standard InChI is InChI=1S/C29H27N3O4/c1-36-25-14-8-6-12-20(25)28-27-21(19-11-5-7-13-22(19)30-27)15-23-29(35)31(17-26(34)32(23)28)16-24(33)18-9-3-2-4-10-18/h2-14,23-24,28,30,33H,15-17H2,1H3/t23-,24-,28+/m0/s1. The molecule has 182 valence electrons. The van der Waals surface area contributed by atoms with Crippen molar-refractivity contribution in [2.75, 3.05) is 20.2 Å². The van der Waals surface area contributed by atoms with Crippen molar-refractivity contribution in [3.05, 3.63) is 101 Å². The summed E-state index contributed by atoms with van der Waals surface area (Å²) in [6.07, 6.45) is -0.459. The number of aliphatic hydroxyl groups is 1. The number of ether oxygens (including phenoxy) is 1. The zero-order valence-electron chi connectivity index (χ0n) is 19.9. The third-order valence-electron chi connectivity index (χ3n) is 7.35. The van der Waals surface area contributed by atoms with Gasteiger partial charge in [0.05, 0.1) is 26.3 Å². The molecule has 2 amide bonds. The molecule has 3 aromatic carbocycles. The van der Waals surface area contributed by atoms with Gasteiger partial charge in [-0.25, -0.2) is 0 Å². The van der Waals surface area contributed by atoms with Gasteiger partial charge in [0.15, 0.2) is 0 Å². The highest BCUT2D eigenvalue weighted by Gasteiger charge is 2.49. The maximum Gasteiger partial charge on any atom is 0.246 e. The number of carbonyl (C=O) groups excluding carboxylic acids is 2. The molecule has 3 atom stereocenters. The lowest BCUT2D eigenvalue weighted by Gasteiger charge is -2.47. The van der Waals surface area contributed by atoms with Gasteiger partial charge in [-0.3, -0.25) is 9.59 Å². The summed E-state index contributed by atoms with van der Waals surface area (Å²) in [6, 6.07) is 23.7. The van der Waals surface area contributed by atoms with Gasteiger partial charge in [-0.05, 0) is 23.3 Å². The highest BCUT2D eigenvalue weighted by atomic mass is 16.5. The molecule has 6 rings (SSSR count). The molecule has 36 heavy (non-hydrogen) atoms. The monoisotopic (exact) mass is 481 g/mol. The third kappa shape index (κ3) is 3.55. The van der Waals surface area contributed by atoms with Gasteiger partial charge in [0.2, 0.25) is 11.8 Å². The Balaban J connectivity index is 1.43. The van der Waals surface area contributed by atoms with Crippen LogP contribution in [0.1, 0.15) is 34.5 Å². The number of aromatic amines is 1. The van der Waals surface area contributed by atoms with E-state index in [-0.39, 0.29) is 24.9 Å². The Hall–Kier alpha value is -4.10. The summed E-state index contributed by atoms with van der Waals surface area (Å²) >= 11 is 0. The van der Waals surface area contributed by atoms with Crippen molar-refractivity contribution < 1.29 is 19.4 Å². The fourth-order valence-corrected chi connectivity index (χ4v) is 5.68. The Morgan fingerprint density at radius 2 is 1.72 bits per heavy atom. The van der Waals surface area contributed by atoms with Gasteiger partial charge in [-0.1, -0.05) is 66.7 Å². The molecule has 0 aliphatic carbocycles. The summed E-state index contributed by atoms with van der Waals surface area (Å²) in [4.78, 5) is 34.3. The molecule has 0 bridgehead atoms. The second-order valence-corrected chi connectivity index (χ2v) is 9.37. The van der Waals surface area contributed by atoms with Crippen molar-refractivity contribution in [2.24, 2.45) is 0 Å². The lowest BCUT2D eigenvalue weighted by atomic mass is 9.85. The Kier molecular flexibility index (Phi) is 5.49. The van der Waals surface area contributed by atoms with Crippen LogP contribution in [0.4, 0.5) is 0 Å². The van der Waals surface area contributed by atoms with Crippen molar-refractivity contribution in [1.29, 1.82) is 0 Å². The first-order chi connectivity index (χ1) is 17.6. The fourth-order valence-electron chi connectivity index (χ4n) is 5.68. The van der Waals surface area contributed by atoms with E-state index in [9.17, 15) is 14.7 Å². The molecular weight excluding hydrogens is 454 g/mol. The van der Waals surface area contributed by atoms with Crippen LogP contribution in [0.15, 0.2) is 78.9 Å². The normalized spacial score (nSPS) is 20.3. The van der Waals surface area contributed by atoms with Crippen molar-refractivity contribution in [3.63, 3.8) is 0 Å². The van der Waals surface area contributed by atoms with Gasteiger partial charge in [0.25, 0.3) is 0 Å². The van der Waals surface area contributed by atoms with Crippen LogP contribution in [-0.4, -0.2) is 57.9 Å². The predicted molar refractivity (Wildman–Crippen MR) is 135 cm³/mol. The lowest BCUT2D eigenvalue weighted by Crippen LogP contribution is -2.63. The minimum Gasteiger partial charge on any atom is -0.496 e. The number of aliphatic hydroxyl groups excluding tert-OH is 1. The Morgan fingerprint density at radius 3 is 2.53 bits per heavy atom. The van der Waals surface area contributed by atoms with Crippen molar-refractivity contribution >= 4 is 22.7 Å². The van der Waals surface area contributed by atoms with Crippen molar-refractivity contribution in [2.45, 2.75) is 24.6 Å². The van der Waals surface area contributed by atoms with E-state index in [1.807, 2.05) is 78.9 Å². The van der Waals surface area contributed by atoms with Crippen LogP contribution in [0.2, 0.25) is 0 Å². The molecular formula is C29H27N3O4. The number of β-amino-alcohol motifs (C(OH)–C–C–N with tert-alkyl or cyclic N) is 1. The summed E-state index contributed by atoms with van der Waals surface area (Å²) in [5.74, 6) is 0.357. The first-order valence-electron chi connectivity index (χ1n) is 12.1. The summed E-state index contributed by atoms with van der Waals surface area (Å²) in [5, 5.41) is 11.8. The molecule has 2 aliphatic heterocycles. The molecule has 3 heterocycles. The first kappa shape index (κ1) is 22.4. The molecule has 0 radical (unpaired) electrons. The minimum atomic E-state index is -0.869. The van der Waals surface area contributed by atoms with Crippen LogP contribution in [0, 0.1) is 0 Å². The van der Waals surface area contributed by atoms with Crippen LogP contribution in [0.3, 0.4) is 0 Å². The summed E-state index contributed by atoms with van der Waals surface area (Å²) < 4.78 is 5.67. The number of piperazine rings is 1. The predicted octanol–water partition coefficient (Wildman–Crippen LogP) is 3.60. The van der Waals surface area contributed by atoms with Gasteiger partial charge in [0.1, 0.15) is 17.8 Å². The number of nitrogens with zero attached hydrogens (tertiary/aromatic N) is 2. The number of para-hydroxylation sites is 2. The van der Waals surface area contributed by atoms with E-state index in [1.54, 1.807) is 12.0 Å². The van der Waals surface area contributed by atoms with Crippen molar-refractivity contribution in [1.82, 2.24) is 14.8 Å². The number of methoxy groups -OCH3 is 1. The highest BCUT2D eigenvalue weighted by molar-refractivity contribution is 5.97. The Morgan fingerprint density at radius 1 is 1.00 bits per heavy atom. The zero-order chi connectivity index (χ0) is 24.8. The zero-order valence-corrected chi connectivity index (χ0v) is 19.9. The van der Waals surface area contributed by atoms with Gasteiger partial charge in [-0.2, -0.15) is 0 Å². The molecule has 2 N–H and O–H groups in total. The number of aromatic nitrogens is 1. The van der Waals surface area contributed by atoms with E-state index < -0.39 is 18.2 Å². The lowest BCUT2D eigenvalue weighted by molar-refractivity contribution is -0.159. The number of nitrogens with one attached hydrogen (secondary N) is 1. The molecule has 1 saturated heterocycles. The van der Waals surface area contributed by atoms with Gasteiger partial charge < -0.3 is 24.6 Å². The molecule has 0 saturated carbocycles. The summed E-state index contributed by atoms with van der Waals surface area (Å²) in [6.45, 7) is -0.0145. The minimum absolute atomic E-state index is 0.0684. The number of rotatable bonds is 5. The molecule has 7 heteroatoms. The number of amides is 2. The number of benzene rings is 3.